The standard InChI is InChI=1S/C8H11N3O2/c9-8-10-5-6(7(13)11-8)3-1-2-4-12/h1,3,5,12H,2,4H2,(H3,9,10,11,13)/b3-1-. The van der Waals surface area contributed by atoms with Gasteiger partial charge in [0.05, 0.1) is 5.56 Å². The van der Waals surface area contributed by atoms with Gasteiger partial charge in [-0.25, -0.2) is 4.98 Å². The van der Waals surface area contributed by atoms with Crippen molar-refractivity contribution in [2.24, 2.45) is 0 Å². The molecule has 4 N–H and O–H groups in total. The van der Waals surface area contributed by atoms with Crippen LogP contribution in [0, 0.1) is 0 Å². The molecule has 13 heavy (non-hydrogen) atoms. The molecule has 0 amide bonds. The summed E-state index contributed by atoms with van der Waals surface area (Å²) in [6, 6.07) is 0. The lowest BCUT2D eigenvalue weighted by molar-refractivity contribution is 0.303. The van der Waals surface area contributed by atoms with Crippen LogP contribution in [0.4, 0.5) is 5.95 Å². The first-order valence-corrected chi connectivity index (χ1v) is 3.86. The van der Waals surface area contributed by atoms with Gasteiger partial charge in [0.1, 0.15) is 0 Å². The molecule has 70 valence electrons. The van der Waals surface area contributed by atoms with E-state index in [4.69, 9.17) is 10.8 Å². The van der Waals surface area contributed by atoms with Crippen LogP contribution < -0.4 is 11.3 Å². The molecule has 1 aromatic rings. The van der Waals surface area contributed by atoms with E-state index in [-0.39, 0.29) is 18.1 Å². The Morgan fingerprint density at radius 3 is 3.08 bits per heavy atom. The van der Waals surface area contributed by atoms with E-state index in [0.717, 1.165) is 0 Å². The summed E-state index contributed by atoms with van der Waals surface area (Å²) in [5.74, 6) is 0.101. The molecule has 1 aromatic heterocycles. The van der Waals surface area contributed by atoms with E-state index in [2.05, 4.69) is 9.97 Å². The van der Waals surface area contributed by atoms with Crippen molar-refractivity contribution >= 4 is 12.0 Å². The van der Waals surface area contributed by atoms with Gasteiger partial charge < -0.3 is 10.8 Å². The number of H-pyrrole nitrogens is 1. The molecule has 0 aliphatic heterocycles. The molecule has 1 rings (SSSR count). The first kappa shape index (κ1) is 9.47. The Bertz CT molecular complexity index is 357. The molecule has 0 unspecified atom stereocenters. The van der Waals surface area contributed by atoms with Crippen LogP contribution in [0.5, 0.6) is 0 Å². The number of hydrogen-bond acceptors (Lipinski definition) is 4. The minimum Gasteiger partial charge on any atom is -0.396 e. The van der Waals surface area contributed by atoms with Crippen molar-refractivity contribution in [3.05, 3.63) is 28.2 Å². The van der Waals surface area contributed by atoms with Gasteiger partial charge in [-0.2, -0.15) is 0 Å². The Labute approximate surface area is 74.9 Å². The van der Waals surface area contributed by atoms with Crippen LogP contribution in [0.2, 0.25) is 0 Å². The largest absolute Gasteiger partial charge is 0.396 e. The van der Waals surface area contributed by atoms with Crippen LogP contribution in [-0.4, -0.2) is 21.7 Å². The van der Waals surface area contributed by atoms with Crippen LogP contribution in [0.1, 0.15) is 12.0 Å². The number of rotatable bonds is 3. The van der Waals surface area contributed by atoms with Crippen molar-refractivity contribution in [2.45, 2.75) is 6.42 Å². The fourth-order valence-corrected chi connectivity index (χ4v) is 0.822. The molecular formula is C8H11N3O2. The highest BCUT2D eigenvalue weighted by Crippen LogP contribution is 1.94. The predicted octanol–water partition coefficient (Wildman–Crippen LogP) is -0.252. The number of hydrogen-bond donors (Lipinski definition) is 3. The Morgan fingerprint density at radius 2 is 2.46 bits per heavy atom. The Balaban J connectivity index is 2.84. The maximum atomic E-state index is 11.1. The molecule has 0 saturated heterocycles. The number of aliphatic hydroxyl groups is 1. The van der Waals surface area contributed by atoms with Crippen molar-refractivity contribution < 1.29 is 5.11 Å². The summed E-state index contributed by atoms with van der Waals surface area (Å²) in [6.07, 6.45) is 5.20. The number of aromatic amines is 1. The SMILES string of the molecule is Nc1ncc(/C=C\CCO)c(=O)[nH]1. The van der Waals surface area contributed by atoms with Crippen molar-refractivity contribution in [1.29, 1.82) is 0 Å². The molecule has 0 radical (unpaired) electrons. The molecule has 0 atom stereocenters. The van der Waals surface area contributed by atoms with Crippen molar-refractivity contribution in [3.8, 4) is 0 Å². The summed E-state index contributed by atoms with van der Waals surface area (Å²) in [7, 11) is 0. The van der Waals surface area contributed by atoms with Crippen LogP contribution in [-0.2, 0) is 0 Å². The van der Waals surface area contributed by atoms with E-state index in [1.165, 1.54) is 6.20 Å². The molecule has 0 bridgehead atoms. The molecule has 5 heteroatoms. The average molecular weight is 181 g/mol. The Kier molecular flexibility index (Phi) is 3.22. The van der Waals surface area contributed by atoms with E-state index in [1.807, 2.05) is 0 Å². The van der Waals surface area contributed by atoms with E-state index in [0.29, 0.717) is 12.0 Å². The Hall–Kier alpha value is -1.62. The van der Waals surface area contributed by atoms with Crippen LogP contribution in [0.15, 0.2) is 17.1 Å². The van der Waals surface area contributed by atoms with Crippen molar-refractivity contribution in [2.75, 3.05) is 12.3 Å². The van der Waals surface area contributed by atoms with Crippen LogP contribution in [0.25, 0.3) is 6.08 Å². The fourth-order valence-electron chi connectivity index (χ4n) is 0.822. The van der Waals surface area contributed by atoms with E-state index in [1.54, 1.807) is 12.2 Å². The van der Waals surface area contributed by atoms with Gasteiger partial charge in [-0.3, -0.25) is 9.78 Å². The smallest absolute Gasteiger partial charge is 0.259 e. The third-order valence-corrected chi connectivity index (χ3v) is 1.44. The van der Waals surface area contributed by atoms with Gasteiger partial charge in [-0.05, 0) is 6.42 Å². The predicted molar refractivity (Wildman–Crippen MR) is 50.0 cm³/mol. The number of nitrogen functional groups attached to an aromatic ring is 1. The third kappa shape index (κ3) is 2.72. The second-order valence-corrected chi connectivity index (χ2v) is 2.47. The molecule has 0 saturated carbocycles. The summed E-state index contributed by atoms with van der Waals surface area (Å²) in [5.41, 5.74) is 5.41. The third-order valence-electron chi connectivity index (χ3n) is 1.44. The lowest BCUT2D eigenvalue weighted by Gasteiger charge is -1.93. The van der Waals surface area contributed by atoms with Gasteiger partial charge in [0.25, 0.3) is 5.56 Å². The summed E-state index contributed by atoms with van der Waals surface area (Å²) < 4.78 is 0. The zero-order valence-corrected chi connectivity index (χ0v) is 7.03. The minimum atomic E-state index is -0.276. The molecule has 5 nitrogen and oxygen atoms in total. The molecule has 0 aromatic carbocycles. The second kappa shape index (κ2) is 4.42. The number of anilines is 1. The highest BCUT2D eigenvalue weighted by molar-refractivity contribution is 5.47. The number of aromatic nitrogens is 2. The summed E-state index contributed by atoms with van der Waals surface area (Å²) in [5, 5.41) is 8.48. The van der Waals surface area contributed by atoms with Crippen LogP contribution >= 0.6 is 0 Å². The lowest BCUT2D eigenvalue weighted by Crippen LogP contribution is -2.12. The van der Waals surface area contributed by atoms with Gasteiger partial charge in [0.15, 0.2) is 5.95 Å². The first-order valence-electron chi connectivity index (χ1n) is 3.86. The van der Waals surface area contributed by atoms with Gasteiger partial charge in [-0.15, -0.1) is 0 Å². The maximum Gasteiger partial charge on any atom is 0.259 e. The zero-order chi connectivity index (χ0) is 9.68. The number of nitrogens with one attached hydrogen (secondary N) is 1. The molecule has 0 aliphatic rings. The number of nitrogens with zero attached hydrogens (tertiary/aromatic N) is 1. The van der Waals surface area contributed by atoms with E-state index in [9.17, 15) is 4.79 Å². The zero-order valence-electron chi connectivity index (χ0n) is 7.03. The van der Waals surface area contributed by atoms with Gasteiger partial charge in [-0.1, -0.05) is 12.2 Å². The monoisotopic (exact) mass is 181 g/mol. The topological polar surface area (TPSA) is 92.0 Å². The van der Waals surface area contributed by atoms with Gasteiger partial charge >= 0.3 is 0 Å². The van der Waals surface area contributed by atoms with Crippen molar-refractivity contribution in [1.82, 2.24) is 9.97 Å². The highest BCUT2D eigenvalue weighted by atomic mass is 16.2. The summed E-state index contributed by atoms with van der Waals surface area (Å²) in [6.45, 7) is 0.0663. The fraction of sp³-hybridized carbons (Fsp3) is 0.250. The van der Waals surface area contributed by atoms with Crippen molar-refractivity contribution in [3.63, 3.8) is 0 Å². The normalized spacial score (nSPS) is 10.8. The molecule has 0 fully saturated rings. The average Bonchev–Trinajstić information content (AvgIpc) is 2.09. The summed E-state index contributed by atoms with van der Waals surface area (Å²) in [4.78, 5) is 17.2. The number of nitrogens with two attached hydrogens (primary N) is 1. The maximum absolute atomic E-state index is 11.1. The molecule has 1 heterocycles. The minimum absolute atomic E-state index is 0.0663. The molecule has 0 spiro atoms. The van der Waals surface area contributed by atoms with Gasteiger partial charge in [0.2, 0.25) is 0 Å². The Morgan fingerprint density at radius 1 is 1.69 bits per heavy atom. The quantitative estimate of drug-likeness (QED) is 0.599. The second-order valence-electron chi connectivity index (χ2n) is 2.47. The lowest BCUT2D eigenvalue weighted by atomic mass is 10.3. The van der Waals surface area contributed by atoms with Crippen LogP contribution in [0.3, 0.4) is 0 Å². The molecule has 0 aliphatic carbocycles. The first-order chi connectivity index (χ1) is 6.24. The highest BCUT2D eigenvalue weighted by Gasteiger charge is 1.94. The number of aliphatic hydroxyl groups excluding tert-OH is 1. The van der Waals surface area contributed by atoms with Gasteiger partial charge in [0, 0.05) is 12.8 Å². The van der Waals surface area contributed by atoms with E-state index < -0.39 is 0 Å². The summed E-state index contributed by atoms with van der Waals surface area (Å²) >= 11 is 0. The molecular weight excluding hydrogens is 170 g/mol. The van der Waals surface area contributed by atoms with E-state index >= 15 is 0 Å².